The molecule has 24 aromatic rings. The smallest absolute Gasteiger partial charge is 0.164 e. The Bertz CT molecular complexity index is 7780. The van der Waals surface area contributed by atoms with E-state index in [0.29, 0.717) is 52.4 Å². The van der Waals surface area contributed by atoms with Gasteiger partial charge in [-0.1, -0.05) is 346 Å². The molecule has 0 saturated carbocycles. The number of rotatable bonds is 18. The van der Waals surface area contributed by atoms with Crippen molar-refractivity contribution in [1.29, 1.82) is 0 Å². The molecule has 0 aliphatic heterocycles. The van der Waals surface area contributed by atoms with E-state index in [4.69, 9.17) is 49.8 Å². The quantitative estimate of drug-likeness (QED) is 0.0783. The van der Waals surface area contributed by atoms with E-state index >= 15 is 0 Å². The summed E-state index contributed by atoms with van der Waals surface area (Å²) in [5.74, 6) is 5.48. The number of nitrogens with zero attached hydrogens (tertiary/aromatic N) is 16. The lowest BCUT2D eigenvalue weighted by Gasteiger charge is -2.11. The summed E-state index contributed by atoms with van der Waals surface area (Å²) in [6.07, 6.45) is 14.8. The van der Waals surface area contributed by atoms with E-state index in [2.05, 4.69) is 273 Å². The normalized spacial score (nSPS) is 11.0. The minimum absolute atomic E-state index is 0.590. The van der Waals surface area contributed by atoms with Crippen LogP contribution in [0.2, 0.25) is 0 Å². The maximum Gasteiger partial charge on any atom is 0.164 e. The van der Waals surface area contributed by atoms with Crippen molar-refractivity contribution in [3.63, 3.8) is 0 Å². The molecule has 24 rings (SSSR count). The van der Waals surface area contributed by atoms with Gasteiger partial charge in [-0.2, -0.15) is 0 Å². The van der Waals surface area contributed by atoms with E-state index in [1.165, 1.54) is 11.1 Å². The second-order valence-corrected chi connectivity index (χ2v) is 33.0. The van der Waals surface area contributed by atoms with Gasteiger partial charge in [0.2, 0.25) is 0 Å². The topological polar surface area (TPSA) is 206 Å². The number of fused-ring (bicyclic) bond motifs is 3. The van der Waals surface area contributed by atoms with Crippen LogP contribution >= 0.6 is 0 Å². The molecule has 0 atom stereocenters. The van der Waals surface area contributed by atoms with Gasteiger partial charge in [-0.3, -0.25) is 34.9 Å². The molecule has 16 heteroatoms. The highest BCUT2D eigenvalue weighted by Crippen LogP contribution is 2.38. The summed E-state index contributed by atoms with van der Waals surface area (Å²) < 4.78 is 0. The van der Waals surface area contributed by atoms with Crippen LogP contribution in [0.1, 0.15) is 0 Å². The predicted octanol–water partition coefficient (Wildman–Crippen LogP) is 28.8. The molecule has 0 saturated heterocycles. The minimum Gasteiger partial charge on any atom is -0.265 e. The molecule has 648 valence electrons. The molecular weight excluding hydrogens is 1690 g/mol. The number of hydrogen-bond acceptors (Lipinski definition) is 16. The van der Waals surface area contributed by atoms with Crippen LogP contribution in [0.15, 0.2) is 486 Å². The SMILES string of the molecule is c1ccc(-c2ccc(-c3nc(-c4ccc(-c5ccccc5)cc4)nc(-c4ccc(-c5cnc6ccccc6c5)cc4)n3)cc2)cc1.c1ccc(-c2ccc(-c3nc(-c4ccc(-c5cnc6ccccc6c5)cc4)nc(-c4ccc(-c5ccccn5)cc4)n3)cc2)nc1.c1ccc(-c2cccc(-c3nc(-c4ccc(-c5cc6ccccc6cn5)cc4)nc(-c4cccc(-c5ccncc5)c4)n3)c2)nc1. The Kier molecular flexibility index (Phi) is 24.0. The first-order chi connectivity index (χ1) is 68.3. The van der Waals surface area contributed by atoms with E-state index in [9.17, 15) is 0 Å². The maximum atomic E-state index is 5.00. The number of benzene rings is 14. The first kappa shape index (κ1) is 84.5. The van der Waals surface area contributed by atoms with Crippen molar-refractivity contribution in [2.45, 2.75) is 0 Å². The van der Waals surface area contributed by atoms with Crippen LogP contribution < -0.4 is 0 Å². The van der Waals surface area contributed by atoms with Crippen molar-refractivity contribution in [3.8, 4) is 203 Å². The summed E-state index contributed by atoms with van der Waals surface area (Å²) in [6, 6.07) is 148. The second-order valence-electron chi connectivity index (χ2n) is 33.0. The third-order valence-corrected chi connectivity index (χ3v) is 24.0. The Labute approximate surface area is 796 Å². The fraction of sp³-hybridized carbons (Fsp3) is 0. The molecule has 0 radical (unpaired) electrons. The number of pyridine rings is 7. The van der Waals surface area contributed by atoms with Gasteiger partial charge in [0, 0.05) is 149 Å². The Balaban J connectivity index is 0.000000119. The van der Waals surface area contributed by atoms with Crippen molar-refractivity contribution < 1.29 is 0 Å². The van der Waals surface area contributed by atoms with Crippen LogP contribution in [-0.4, -0.2) is 79.7 Å². The average Bonchev–Trinajstić information content (AvgIpc) is 0.787. The fourth-order valence-corrected chi connectivity index (χ4v) is 16.7. The van der Waals surface area contributed by atoms with Gasteiger partial charge in [0.15, 0.2) is 52.4 Å². The molecule has 0 bridgehead atoms. The van der Waals surface area contributed by atoms with E-state index in [1.54, 1.807) is 31.0 Å². The largest absolute Gasteiger partial charge is 0.265 e. The van der Waals surface area contributed by atoms with Gasteiger partial charge >= 0.3 is 0 Å². The van der Waals surface area contributed by atoms with Crippen LogP contribution in [0.4, 0.5) is 0 Å². The number of aromatic nitrogens is 16. The monoisotopic (exact) mass is 1770 g/mol. The van der Waals surface area contributed by atoms with Gasteiger partial charge in [0.1, 0.15) is 0 Å². The predicted molar refractivity (Wildman–Crippen MR) is 554 cm³/mol. The molecule has 0 aliphatic rings. The first-order valence-electron chi connectivity index (χ1n) is 45.3. The Hall–Kier alpha value is -19.1. The van der Waals surface area contributed by atoms with E-state index in [-0.39, 0.29) is 0 Å². The van der Waals surface area contributed by atoms with Gasteiger partial charge in [-0.15, -0.1) is 0 Å². The molecule has 0 aliphatic carbocycles. The third kappa shape index (κ3) is 19.1. The molecule has 10 heterocycles. The highest BCUT2D eigenvalue weighted by molar-refractivity contribution is 5.89. The zero-order chi connectivity index (χ0) is 92.1. The van der Waals surface area contributed by atoms with Crippen LogP contribution in [0.5, 0.6) is 0 Å². The molecule has 0 fully saturated rings. The second kappa shape index (κ2) is 39.2. The van der Waals surface area contributed by atoms with Crippen molar-refractivity contribution in [3.05, 3.63) is 486 Å². The van der Waals surface area contributed by atoms with Crippen LogP contribution in [0.25, 0.3) is 236 Å². The molecule has 0 unspecified atom stereocenters. The highest BCUT2D eigenvalue weighted by Gasteiger charge is 2.20. The first-order valence-corrected chi connectivity index (χ1v) is 45.3. The summed E-state index contributed by atoms with van der Waals surface area (Å²) in [7, 11) is 0. The van der Waals surface area contributed by atoms with Crippen molar-refractivity contribution in [1.82, 2.24) is 79.7 Å². The van der Waals surface area contributed by atoms with E-state index in [0.717, 1.165) is 172 Å². The van der Waals surface area contributed by atoms with Crippen LogP contribution in [0.3, 0.4) is 0 Å². The van der Waals surface area contributed by atoms with Gasteiger partial charge in [0.05, 0.1) is 33.8 Å². The molecule has 16 nitrogen and oxygen atoms in total. The van der Waals surface area contributed by atoms with Gasteiger partial charge in [0.25, 0.3) is 0 Å². The van der Waals surface area contributed by atoms with Gasteiger partial charge in [-0.05, 0) is 141 Å². The van der Waals surface area contributed by atoms with E-state index in [1.807, 2.05) is 213 Å². The maximum absolute atomic E-state index is 5.00. The average molecular weight is 1770 g/mol. The lowest BCUT2D eigenvalue weighted by atomic mass is 10.0. The Morgan fingerprint density at radius 2 is 0.377 bits per heavy atom. The lowest BCUT2D eigenvalue weighted by Crippen LogP contribution is -2.00. The summed E-state index contributed by atoms with van der Waals surface area (Å²) >= 11 is 0. The molecule has 0 N–H and O–H groups in total. The van der Waals surface area contributed by atoms with Crippen LogP contribution in [-0.2, 0) is 0 Å². The van der Waals surface area contributed by atoms with Crippen molar-refractivity contribution in [2.24, 2.45) is 0 Å². The molecular formula is C122H80N16. The van der Waals surface area contributed by atoms with Crippen LogP contribution in [0, 0.1) is 0 Å². The highest BCUT2D eigenvalue weighted by atomic mass is 15.1. The van der Waals surface area contributed by atoms with Gasteiger partial charge in [-0.25, -0.2) is 44.9 Å². The van der Waals surface area contributed by atoms with Crippen molar-refractivity contribution >= 4 is 32.6 Å². The van der Waals surface area contributed by atoms with Gasteiger partial charge < -0.3 is 0 Å². The lowest BCUT2D eigenvalue weighted by molar-refractivity contribution is 1.07. The molecule has 138 heavy (non-hydrogen) atoms. The molecule has 0 amide bonds. The zero-order valence-electron chi connectivity index (χ0n) is 74.3. The van der Waals surface area contributed by atoms with Crippen molar-refractivity contribution in [2.75, 3.05) is 0 Å². The summed E-state index contributed by atoms with van der Waals surface area (Å²) in [6.45, 7) is 0. The fourth-order valence-electron chi connectivity index (χ4n) is 16.7. The number of para-hydroxylation sites is 2. The summed E-state index contributed by atoms with van der Waals surface area (Å²) in [5.41, 5.74) is 28.9. The Morgan fingerprint density at radius 1 is 0.116 bits per heavy atom. The molecule has 0 spiro atoms. The summed E-state index contributed by atoms with van der Waals surface area (Å²) in [5, 5.41) is 4.50. The minimum atomic E-state index is 0.590. The molecule has 14 aromatic carbocycles. The third-order valence-electron chi connectivity index (χ3n) is 24.0. The molecule has 10 aromatic heterocycles. The number of hydrogen-bond donors (Lipinski definition) is 0. The Morgan fingerprint density at radius 3 is 0.746 bits per heavy atom. The van der Waals surface area contributed by atoms with E-state index < -0.39 is 0 Å². The standard InChI is InChI=1S/C42H28N4.2C40H26N6/c1-3-9-29(10-4-1)31-15-21-34(22-16-31)40-44-41(35-23-17-32(18-24-35)30-11-5-2-6-12-30)46-42(45-40)36-25-19-33(20-26-36)38-27-37-13-7-8-14-39(37)43-28-38;1-2-8-37-33(7-1)25-34(26-43-37)27-11-17-30(18-12-27)38-44-39(31-19-13-28(14-20-31)35-9-3-5-23-41-35)46-40(45-38)32-21-15-29(16-22-32)36-10-4-6-24-42-36;1-2-8-35-26-43-37(25-31(35)7-1)28-14-16-29(17-15-28)38-44-39(33-11-5-9-30(23-33)27-18-21-41-22-19-27)46-40(45-38)34-12-6-10-32(24-34)36-13-3-4-20-42-36/h1-28H;2*1-26H. The zero-order valence-corrected chi connectivity index (χ0v) is 74.3. The summed E-state index contributed by atoms with van der Waals surface area (Å²) in [4.78, 5) is 76.4.